The zero-order valence-electron chi connectivity index (χ0n) is 17.2. The largest absolute Gasteiger partial charge is 1.00 e. The van der Waals surface area contributed by atoms with Crippen LogP contribution in [0, 0.1) is 11.3 Å². The van der Waals surface area contributed by atoms with Crippen LogP contribution in [0.4, 0.5) is 11.5 Å². The summed E-state index contributed by atoms with van der Waals surface area (Å²) in [5, 5.41) is 25.7. The summed E-state index contributed by atoms with van der Waals surface area (Å²) in [6, 6.07) is 17.3. The van der Waals surface area contributed by atoms with Crippen LogP contribution >= 0.6 is 11.6 Å². The third-order valence-electron chi connectivity index (χ3n) is 4.87. The standard InChI is InChI=1S/C23H19ClN6O.ClH/c1-31-22-6-5-15(9-20(22)24)12-28-23-18-8-16(11-25)10-21(19(18)14-29-30-23)27-13-17-4-2-3-7-26-17;/h2-10,14,27H,12-13H2,1H3,(H,28,30);1H. The van der Waals surface area contributed by atoms with Crippen molar-refractivity contribution in [1.29, 1.82) is 5.26 Å². The first-order valence-corrected chi connectivity index (χ1v) is 10.0. The van der Waals surface area contributed by atoms with Crippen LogP contribution in [0.3, 0.4) is 0 Å². The molecular weight excluding hydrogens is 447 g/mol. The maximum atomic E-state index is 9.52. The Morgan fingerprint density at radius 1 is 1.16 bits per heavy atom. The summed E-state index contributed by atoms with van der Waals surface area (Å²) in [7, 11) is 1.59. The summed E-state index contributed by atoms with van der Waals surface area (Å²) in [5.74, 6) is 1.35. The van der Waals surface area contributed by atoms with Gasteiger partial charge in [-0.1, -0.05) is 22.8 Å². The van der Waals surface area contributed by atoms with Gasteiger partial charge in [-0.2, -0.15) is 10.4 Å². The average molecular weight is 467 g/mol. The lowest BCUT2D eigenvalue weighted by atomic mass is 10.1. The highest BCUT2D eigenvalue weighted by Crippen LogP contribution is 2.28. The highest BCUT2D eigenvalue weighted by atomic mass is 35.5. The molecule has 7 nitrogen and oxygen atoms in total. The van der Waals surface area contributed by atoms with E-state index in [0.29, 0.717) is 35.2 Å². The molecule has 2 heterocycles. The Labute approximate surface area is 196 Å². The molecule has 0 atom stereocenters. The molecule has 0 fully saturated rings. The molecule has 0 bridgehead atoms. The van der Waals surface area contributed by atoms with Gasteiger partial charge in [0.25, 0.3) is 5.82 Å². The van der Waals surface area contributed by atoms with E-state index >= 15 is 0 Å². The first-order chi connectivity index (χ1) is 15.2. The Morgan fingerprint density at radius 3 is 2.75 bits per heavy atom. The van der Waals surface area contributed by atoms with Gasteiger partial charge in [0.2, 0.25) is 0 Å². The average Bonchev–Trinajstić information content (AvgIpc) is 2.81. The third kappa shape index (κ3) is 5.24. The smallest absolute Gasteiger partial charge is 0.252 e. The van der Waals surface area contributed by atoms with E-state index in [2.05, 4.69) is 26.6 Å². The molecule has 3 N–H and O–H groups in total. The fourth-order valence-corrected chi connectivity index (χ4v) is 3.59. The van der Waals surface area contributed by atoms with Crippen molar-refractivity contribution in [2.75, 3.05) is 12.4 Å². The maximum Gasteiger partial charge on any atom is 0.252 e. The first-order valence-electron chi connectivity index (χ1n) is 9.67. The second-order valence-electron chi connectivity index (χ2n) is 6.88. The highest BCUT2D eigenvalue weighted by molar-refractivity contribution is 6.32. The van der Waals surface area contributed by atoms with E-state index in [1.54, 1.807) is 19.5 Å². The van der Waals surface area contributed by atoms with Crippen LogP contribution < -0.4 is 27.8 Å². The van der Waals surface area contributed by atoms with Crippen molar-refractivity contribution in [3.05, 3.63) is 82.8 Å². The van der Waals surface area contributed by atoms with Gasteiger partial charge in [-0.15, -0.1) is 0 Å². The van der Waals surface area contributed by atoms with Gasteiger partial charge in [0.15, 0.2) is 0 Å². The number of rotatable bonds is 7. The SMILES string of the molecule is COc1ccc(C[NH2+]c2nncc3c(NCc4ccccn4)cc(C#N)cc23)cc1Cl.[Cl-]. The monoisotopic (exact) mass is 466 g/mol. The van der Waals surface area contributed by atoms with Crippen LogP contribution in [0.1, 0.15) is 16.8 Å². The number of quaternary nitrogens is 1. The minimum atomic E-state index is 0. The number of nitriles is 1. The van der Waals surface area contributed by atoms with Gasteiger partial charge in [-0.25, -0.2) is 0 Å². The van der Waals surface area contributed by atoms with E-state index in [1.807, 2.05) is 53.8 Å². The predicted molar refractivity (Wildman–Crippen MR) is 119 cm³/mol. The zero-order valence-corrected chi connectivity index (χ0v) is 18.7. The molecule has 0 aliphatic carbocycles. The number of nitrogens with two attached hydrogens (primary N) is 1. The van der Waals surface area contributed by atoms with E-state index in [-0.39, 0.29) is 12.4 Å². The molecule has 4 rings (SSSR count). The number of nitrogens with zero attached hydrogens (tertiary/aromatic N) is 4. The number of halogens is 2. The molecule has 0 radical (unpaired) electrons. The Bertz CT molecular complexity index is 1260. The molecule has 162 valence electrons. The van der Waals surface area contributed by atoms with E-state index < -0.39 is 0 Å². The topological polar surface area (TPSA) is 100 Å². The van der Waals surface area contributed by atoms with E-state index in [1.165, 1.54) is 0 Å². The molecule has 0 saturated carbocycles. The predicted octanol–water partition coefficient (Wildman–Crippen LogP) is 0.570. The van der Waals surface area contributed by atoms with Crippen molar-refractivity contribution in [2.45, 2.75) is 13.1 Å². The van der Waals surface area contributed by atoms with Crippen molar-refractivity contribution in [2.24, 2.45) is 0 Å². The minimum absolute atomic E-state index is 0. The summed E-state index contributed by atoms with van der Waals surface area (Å²) in [6.45, 7) is 1.15. The molecule has 2 aromatic heterocycles. The quantitative estimate of drug-likeness (QED) is 0.412. The number of hydrogen-bond acceptors (Lipinski definition) is 6. The Balaban J connectivity index is 0.00000289. The fourth-order valence-electron chi connectivity index (χ4n) is 3.31. The van der Waals surface area contributed by atoms with Crippen molar-refractivity contribution in [3.63, 3.8) is 0 Å². The molecule has 0 amide bonds. The van der Waals surface area contributed by atoms with E-state index in [9.17, 15) is 5.26 Å². The van der Waals surface area contributed by atoms with Crippen LogP contribution in [0.15, 0.2) is 60.9 Å². The second kappa shape index (κ2) is 10.7. The molecule has 0 spiro atoms. The number of ether oxygens (including phenoxy) is 1. The van der Waals surface area contributed by atoms with Gasteiger partial charge in [0.05, 0.1) is 47.6 Å². The van der Waals surface area contributed by atoms with Gasteiger partial charge < -0.3 is 22.5 Å². The normalized spacial score (nSPS) is 10.3. The first kappa shape index (κ1) is 23.2. The zero-order chi connectivity index (χ0) is 21.6. The van der Waals surface area contributed by atoms with Crippen LogP contribution in [0.5, 0.6) is 5.75 Å². The molecule has 0 aliphatic rings. The molecule has 0 unspecified atom stereocenters. The summed E-state index contributed by atoms with van der Waals surface area (Å²) < 4.78 is 5.21. The number of fused-ring (bicyclic) bond motifs is 1. The van der Waals surface area contributed by atoms with Gasteiger partial charge in [0.1, 0.15) is 12.3 Å². The lowest BCUT2D eigenvalue weighted by Crippen LogP contribution is -3.00. The summed E-state index contributed by atoms with van der Waals surface area (Å²) >= 11 is 6.24. The minimum Gasteiger partial charge on any atom is -1.00 e. The van der Waals surface area contributed by atoms with Gasteiger partial charge in [0, 0.05) is 22.8 Å². The maximum absolute atomic E-state index is 9.52. The number of hydrogen-bond donors (Lipinski definition) is 2. The van der Waals surface area contributed by atoms with Crippen LogP contribution in [-0.4, -0.2) is 22.3 Å². The summed E-state index contributed by atoms with van der Waals surface area (Å²) in [5.41, 5.74) is 3.29. The van der Waals surface area contributed by atoms with Gasteiger partial charge in [-0.3, -0.25) is 10.3 Å². The van der Waals surface area contributed by atoms with Crippen LogP contribution in [0.25, 0.3) is 10.8 Å². The number of pyridine rings is 1. The number of nitrogens with one attached hydrogen (secondary N) is 1. The van der Waals surface area contributed by atoms with E-state index in [4.69, 9.17) is 16.3 Å². The Morgan fingerprint density at radius 2 is 2.03 bits per heavy atom. The lowest BCUT2D eigenvalue weighted by molar-refractivity contribution is -0.591. The second-order valence-corrected chi connectivity index (χ2v) is 7.29. The van der Waals surface area contributed by atoms with Gasteiger partial charge >= 0.3 is 0 Å². The molecule has 9 heteroatoms. The molecule has 32 heavy (non-hydrogen) atoms. The van der Waals surface area contributed by atoms with E-state index in [0.717, 1.165) is 27.7 Å². The van der Waals surface area contributed by atoms with Gasteiger partial charge in [-0.05, 0) is 42.5 Å². The number of benzene rings is 2. The molecular formula is C23H20Cl2N6O. The summed E-state index contributed by atoms with van der Waals surface area (Å²) in [6.07, 6.45) is 3.46. The fraction of sp³-hybridized carbons (Fsp3) is 0.130. The van der Waals surface area contributed by atoms with Crippen molar-refractivity contribution >= 4 is 33.9 Å². The number of methoxy groups -OCH3 is 1. The van der Waals surface area contributed by atoms with Crippen molar-refractivity contribution in [3.8, 4) is 11.8 Å². The number of anilines is 1. The highest BCUT2D eigenvalue weighted by Gasteiger charge is 2.14. The Hall–Kier alpha value is -3.44. The number of aromatic nitrogens is 3. The Kier molecular flexibility index (Phi) is 7.79. The molecule has 4 aromatic rings. The molecule has 2 aromatic carbocycles. The lowest BCUT2D eigenvalue weighted by Gasteiger charge is -2.11. The van der Waals surface area contributed by atoms with Crippen molar-refractivity contribution in [1.82, 2.24) is 15.2 Å². The van der Waals surface area contributed by atoms with Crippen molar-refractivity contribution < 1.29 is 22.5 Å². The molecule has 0 aliphatic heterocycles. The third-order valence-corrected chi connectivity index (χ3v) is 5.17. The molecule has 0 saturated heterocycles. The van der Waals surface area contributed by atoms with Crippen LogP contribution in [-0.2, 0) is 13.1 Å². The van der Waals surface area contributed by atoms with Crippen LogP contribution in [0.2, 0.25) is 5.02 Å². The summed E-state index contributed by atoms with van der Waals surface area (Å²) in [4.78, 5) is 4.34.